The largest absolute Gasteiger partial charge is 0.394 e. The maximum Gasteiger partial charge on any atom is 0.222 e. The highest BCUT2D eigenvalue weighted by atomic mass is 16.6. The molecular formula is C15H20N4O4. The van der Waals surface area contributed by atoms with Gasteiger partial charge in [-0.3, -0.25) is 0 Å². The Kier molecular flexibility index (Phi) is 3.14. The van der Waals surface area contributed by atoms with Gasteiger partial charge in [0.2, 0.25) is 5.95 Å². The van der Waals surface area contributed by atoms with E-state index in [0.29, 0.717) is 11.6 Å². The van der Waals surface area contributed by atoms with Crippen LogP contribution >= 0.6 is 0 Å². The van der Waals surface area contributed by atoms with Gasteiger partial charge < -0.3 is 30.4 Å². The second-order valence-corrected chi connectivity index (χ2v) is 6.58. The molecule has 1 saturated carbocycles. The molecule has 4 rings (SSSR count). The fourth-order valence-electron chi connectivity index (χ4n) is 3.32. The lowest BCUT2D eigenvalue weighted by Gasteiger charge is -2.27. The molecule has 1 unspecified atom stereocenters. The van der Waals surface area contributed by atoms with Crippen molar-refractivity contribution in [2.24, 2.45) is 0 Å². The Bertz CT molecular complexity index is 755. The highest BCUT2D eigenvalue weighted by molar-refractivity contribution is 5.81. The number of aliphatic hydroxyl groups is 3. The number of fused-ring (bicyclic) bond motifs is 1. The van der Waals surface area contributed by atoms with Crippen molar-refractivity contribution < 1.29 is 20.1 Å². The van der Waals surface area contributed by atoms with Gasteiger partial charge in [0.05, 0.1) is 12.3 Å². The second-order valence-electron chi connectivity index (χ2n) is 6.58. The first-order valence-electron chi connectivity index (χ1n) is 7.74. The first-order chi connectivity index (χ1) is 10.9. The zero-order valence-corrected chi connectivity index (χ0v) is 12.8. The average Bonchev–Trinajstić information content (AvgIpc) is 3.23. The molecule has 3 heterocycles. The number of anilines is 1. The summed E-state index contributed by atoms with van der Waals surface area (Å²) in [6, 6.07) is 1.88. The normalized spacial score (nSPS) is 34.3. The SMILES string of the molecule is C[C@]1(O)C(n2ccc3c(C4CC4)nc(N)nc32)O[C@H](CO)[C@H]1O. The first kappa shape index (κ1) is 14.8. The number of hydrogen-bond acceptors (Lipinski definition) is 7. The van der Waals surface area contributed by atoms with Crippen molar-refractivity contribution in [3.63, 3.8) is 0 Å². The van der Waals surface area contributed by atoms with Crippen molar-refractivity contribution >= 4 is 17.0 Å². The highest BCUT2D eigenvalue weighted by Gasteiger charge is 2.53. The average molecular weight is 320 g/mol. The van der Waals surface area contributed by atoms with Gasteiger partial charge in [0.1, 0.15) is 23.5 Å². The molecule has 2 aromatic rings. The van der Waals surface area contributed by atoms with Crippen molar-refractivity contribution in [1.82, 2.24) is 14.5 Å². The van der Waals surface area contributed by atoms with Crippen LogP contribution in [0, 0.1) is 0 Å². The van der Waals surface area contributed by atoms with E-state index in [-0.39, 0.29) is 12.6 Å². The number of ether oxygens (including phenoxy) is 1. The Morgan fingerprint density at radius 1 is 1.43 bits per heavy atom. The maximum absolute atomic E-state index is 10.6. The Morgan fingerprint density at radius 3 is 2.78 bits per heavy atom. The van der Waals surface area contributed by atoms with E-state index in [1.807, 2.05) is 6.07 Å². The Hall–Kier alpha value is -1.74. The van der Waals surface area contributed by atoms with Crippen LogP contribution in [0.5, 0.6) is 0 Å². The topological polar surface area (TPSA) is 127 Å². The third kappa shape index (κ3) is 2.13. The van der Waals surface area contributed by atoms with Gasteiger partial charge >= 0.3 is 0 Å². The Morgan fingerprint density at radius 2 is 2.17 bits per heavy atom. The van der Waals surface area contributed by atoms with Crippen molar-refractivity contribution in [2.45, 2.75) is 49.7 Å². The van der Waals surface area contributed by atoms with Crippen LogP contribution in [0.25, 0.3) is 11.0 Å². The highest BCUT2D eigenvalue weighted by Crippen LogP contribution is 2.44. The summed E-state index contributed by atoms with van der Waals surface area (Å²) in [6.45, 7) is 1.10. The molecule has 23 heavy (non-hydrogen) atoms. The van der Waals surface area contributed by atoms with E-state index in [2.05, 4.69) is 9.97 Å². The lowest BCUT2D eigenvalue weighted by Crippen LogP contribution is -2.44. The molecule has 0 bridgehead atoms. The number of rotatable bonds is 3. The molecule has 8 heteroatoms. The van der Waals surface area contributed by atoms with Gasteiger partial charge in [-0.15, -0.1) is 0 Å². The fraction of sp³-hybridized carbons (Fsp3) is 0.600. The first-order valence-corrected chi connectivity index (χ1v) is 7.74. The molecule has 0 aromatic carbocycles. The zero-order chi connectivity index (χ0) is 16.4. The predicted octanol–water partition coefficient (Wildman–Crippen LogP) is -0.108. The molecular weight excluding hydrogens is 300 g/mol. The quantitative estimate of drug-likeness (QED) is 0.621. The maximum atomic E-state index is 10.6. The molecule has 2 fully saturated rings. The minimum absolute atomic E-state index is 0.177. The smallest absolute Gasteiger partial charge is 0.222 e. The van der Waals surface area contributed by atoms with Crippen molar-refractivity contribution in [3.05, 3.63) is 18.0 Å². The summed E-state index contributed by atoms with van der Waals surface area (Å²) in [7, 11) is 0. The number of nitrogens with zero attached hydrogens (tertiary/aromatic N) is 3. The summed E-state index contributed by atoms with van der Waals surface area (Å²) < 4.78 is 7.31. The van der Waals surface area contributed by atoms with Crippen LogP contribution in [0.1, 0.15) is 37.6 Å². The molecule has 1 aliphatic carbocycles. The van der Waals surface area contributed by atoms with Crippen molar-refractivity contribution in [3.8, 4) is 0 Å². The third-order valence-electron chi connectivity index (χ3n) is 4.77. The fourth-order valence-corrected chi connectivity index (χ4v) is 3.32. The zero-order valence-electron chi connectivity index (χ0n) is 12.8. The number of nitrogen functional groups attached to an aromatic ring is 1. The summed E-state index contributed by atoms with van der Waals surface area (Å²) in [4.78, 5) is 8.63. The summed E-state index contributed by atoms with van der Waals surface area (Å²) >= 11 is 0. The molecule has 0 amide bonds. The van der Waals surface area contributed by atoms with E-state index >= 15 is 0 Å². The minimum atomic E-state index is -1.56. The van der Waals surface area contributed by atoms with Gasteiger partial charge in [0, 0.05) is 17.5 Å². The molecule has 0 spiro atoms. The van der Waals surface area contributed by atoms with Crippen molar-refractivity contribution in [1.29, 1.82) is 0 Å². The Labute approximate surface area is 132 Å². The van der Waals surface area contributed by atoms with Crippen LogP contribution in [0.3, 0.4) is 0 Å². The van der Waals surface area contributed by atoms with Crippen LogP contribution < -0.4 is 5.73 Å². The molecule has 5 N–H and O–H groups in total. The molecule has 1 aliphatic heterocycles. The summed E-state index contributed by atoms with van der Waals surface area (Å²) in [5.41, 5.74) is 5.77. The van der Waals surface area contributed by atoms with Gasteiger partial charge in [-0.2, -0.15) is 4.98 Å². The van der Waals surface area contributed by atoms with E-state index < -0.39 is 24.0 Å². The van der Waals surface area contributed by atoms with Gasteiger partial charge in [-0.1, -0.05) is 0 Å². The second kappa shape index (κ2) is 4.88. The van der Waals surface area contributed by atoms with Crippen LogP contribution in [0.15, 0.2) is 12.3 Å². The van der Waals surface area contributed by atoms with Crippen LogP contribution in [0.4, 0.5) is 5.95 Å². The van der Waals surface area contributed by atoms with E-state index in [9.17, 15) is 15.3 Å². The molecule has 124 valence electrons. The Balaban J connectivity index is 1.83. The minimum Gasteiger partial charge on any atom is -0.394 e. The number of hydrogen-bond donors (Lipinski definition) is 4. The van der Waals surface area contributed by atoms with Gasteiger partial charge in [-0.05, 0) is 25.8 Å². The molecule has 2 aliphatic rings. The number of aliphatic hydroxyl groups excluding tert-OH is 2. The number of nitrogens with two attached hydrogens (primary N) is 1. The molecule has 2 aromatic heterocycles. The summed E-state index contributed by atoms with van der Waals surface area (Å²) in [5.74, 6) is 0.579. The van der Waals surface area contributed by atoms with Gasteiger partial charge in [0.25, 0.3) is 0 Å². The van der Waals surface area contributed by atoms with Gasteiger partial charge in [0.15, 0.2) is 6.23 Å². The van der Waals surface area contributed by atoms with E-state index in [4.69, 9.17) is 10.5 Å². The predicted molar refractivity (Wildman–Crippen MR) is 81.5 cm³/mol. The number of aromatic nitrogens is 3. The van der Waals surface area contributed by atoms with E-state index in [1.54, 1.807) is 10.8 Å². The summed E-state index contributed by atoms with van der Waals surface area (Å²) in [6.07, 6.45) is 0.996. The van der Waals surface area contributed by atoms with Gasteiger partial charge in [-0.25, -0.2) is 4.98 Å². The molecule has 8 nitrogen and oxygen atoms in total. The van der Waals surface area contributed by atoms with E-state index in [1.165, 1.54) is 6.92 Å². The van der Waals surface area contributed by atoms with Crippen LogP contribution in [0.2, 0.25) is 0 Å². The molecule has 1 saturated heterocycles. The lowest BCUT2D eigenvalue weighted by atomic mass is 9.96. The van der Waals surface area contributed by atoms with Crippen LogP contribution in [-0.2, 0) is 4.74 Å². The van der Waals surface area contributed by atoms with Crippen molar-refractivity contribution in [2.75, 3.05) is 12.3 Å². The lowest BCUT2D eigenvalue weighted by molar-refractivity contribution is -0.0948. The third-order valence-corrected chi connectivity index (χ3v) is 4.77. The summed E-state index contributed by atoms with van der Waals surface area (Å²) in [5, 5.41) is 31.0. The molecule has 4 atom stereocenters. The molecule has 0 radical (unpaired) electrons. The van der Waals surface area contributed by atoms with E-state index in [0.717, 1.165) is 23.9 Å². The monoisotopic (exact) mass is 320 g/mol. The van der Waals surface area contributed by atoms with Crippen LogP contribution in [-0.4, -0.2) is 54.3 Å². The standard InChI is InChI=1S/C15H20N4O4/c1-15(22)11(21)9(6-20)23-13(15)19-5-4-8-10(7-2-3-7)17-14(16)18-12(8)19/h4-5,7,9,11,13,20-22H,2-3,6H2,1H3,(H2,16,17,18)/t9-,11-,13?,15-/m1/s1.